The molecule has 2 aromatic rings. The number of nitrogens with one attached hydrogen (secondary N) is 2. The van der Waals surface area contributed by atoms with Crippen LogP contribution in [0.4, 0.5) is 14.9 Å². The van der Waals surface area contributed by atoms with Crippen LogP contribution in [-0.4, -0.2) is 72.0 Å². The summed E-state index contributed by atoms with van der Waals surface area (Å²) in [7, 11) is -3.89. The molecule has 0 aliphatic carbocycles. The van der Waals surface area contributed by atoms with E-state index >= 15 is 0 Å². The lowest BCUT2D eigenvalue weighted by atomic mass is 10.0. The molecule has 1 heterocycles. The van der Waals surface area contributed by atoms with Crippen LogP contribution in [0.1, 0.15) is 49.2 Å². The predicted octanol–water partition coefficient (Wildman–Crippen LogP) is 2.74. The number of anilines is 1. The number of ether oxygens (including phenoxy) is 1. The largest absolute Gasteiger partial charge is 0.478 e. The van der Waals surface area contributed by atoms with Crippen LogP contribution >= 0.6 is 0 Å². The highest BCUT2D eigenvalue weighted by Crippen LogP contribution is 2.42. The molecule has 3 atom stereocenters. The van der Waals surface area contributed by atoms with Crippen molar-refractivity contribution in [1.29, 1.82) is 0 Å². The van der Waals surface area contributed by atoms with Crippen molar-refractivity contribution in [2.45, 2.75) is 50.1 Å². The standard InChI is InChI=1S/C26H30FN3O8S/c1-26(2,3)38-24(34)19-13-20(39(4,36)37)22(17-10-5-6-11-18(17)27)30(19)21(31)14-28-25(35)29-16-9-7-8-15(12-16)23(32)33/h5-12,19-20,22H,13-14H2,1-4H3,(H,32,33)(H2,28,29,35). The Hall–Kier alpha value is -4.00. The number of carbonyl (C=O) groups is 4. The Morgan fingerprint density at radius 1 is 1.10 bits per heavy atom. The number of rotatable bonds is 7. The van der Waals surface area contributed by atoms with E-state index in [1.165, 1.54) is 42.5 Å². The fourth-order valence-corrected chi connectivity index (χ4v) is 5.65. The molecule has 3 N–H and O–H groups in total. The van der Waals surface area contributed by atoms with Gasteiger partial charge in [-0.05, 0) is 51.5 Å². The number of carboxylic acids is 1. The van der Waals surface area contributed by atoms with Crippen molar-refractivity contribution in [2.24, 2.45) is 0 Å². The zero-order valence-electron chi connectivity index (χ0n) is 21.8. The second-order valence-corrected chi connectivity index (χ2v) is 12.4. The lowest BCUT2D eigenvalue weighted by molar-refractivity contribution is -0.164. The van der Waals surface area contributed by atoms with Crippen LogP contribution in [0.25, 0.3) is 0 Å². The first-order valence-corrected chi connectivity index (χ1v) is 13.9. The number of hydrogen-bond acceptors (Lipinski definition) is 7. The number of nitrogens with zero attached hydrogens (tertiary/aromatic N) is 1. The number of amides is 3. The number of benzene rings is 2. The van der Waals surface area contributed by atoms with Crippen LogP contribution in [0, 0.1) is 5.82 Å². The summed E-state index contributed by atoms with van der Waals surface area (Å²) >= 11 is 0. The quantitative estimate of drug-likeness (QED) is 0.434. The highest BCUT2D eigenvalue weighted by atomic mass is 32.2. The van der Waals surface area contributed by atoms with Gasteiger partial charge >= 0.3 is 18.0 Å². The number of sulfone groups is 1. The molecule has 0 aromatic heterocycles. The molecular formula is C26H30FN3O8S. The first-order valence-electron chi connectivity index (χ1n) is 11.9. The molecule has 39 heavy (non-hydrogen) atoms. The van der Waals surface area contributed by atoms with Crippen molar-refractivity contribution in [2.75, 3.05) is 18.1 Å². The lowest BCUT2D eigenvalue weighted by Crippen LogP contribution is -2.49. The van der Waals surface area contributed by atoms with Crippen LogP contribution in [0.15, 0.2) is 48.5 Å². The summed E-state index contributed by atoms with van der Waals surface area (Å²) in [6, 6.07) is 7.18. The predicted molar refractivity (Wildman–Crippen MR) is 139 cm³/mol. The molecular weight excluding hydrogens is 533 g/mol. The Morgan fingerprint density at radius 3 is 2.36 bits per heavy atom. The molecule has 3 amide bonds. The average Bonchev–Trinajstić information content (AvgIpc) is 3.23. The number of carboxylic acid groups (broad SMARTS) is 1. The molecule has 0 saturated carbocycles. The van der Waals surface area contributed by atoms with Gasteiger partial charge in [0.1, 0.15) is 17.5 Å². The van der Waals surface area contributed by atoms with E-state index in [0.717, 1.165) is 17.2 Å². The number of likely N-dealkylation sites (tertiary alicyclic amines) is 1. The lowest BCUT2D eigenvalue weighted by Gasteiger charge is -2.32. The fourth-order valence-electron chi connectivity index (χ4n) is 4.37. The third-order valence-electron chi connectivity index (χ3n) is 5.95. The van der Waals surface area contributed by atoms with Gasteiger partial charge in [0.05, 0.1) is 23.4 Å². The van der Waals surface area contributed by atoms with Crippen LogP contribution in [0.5, 0.6) is 0 Å². The normalized spacial score (nSPS) is 19.3. The Balaban J connectivity index is 1.91. The number of urea groups is 1. The van der Waals surface area contributed by atoms with Crippen LogP contribution in [0.2, 0.25) is 0 Å². The molecule has 1 aliphatic heterocycles. The van der Waals surface area contributed by atoms with Gasteiger partial charge in [-0.1, -0.05) is 24.3 Å². The molecule has 13 heteroatoms. The van der Waals surface area contributed by atoms with Crippen molar-refractivity contribution < 1.29 is 41.8 Å². The molecule has 1 saturated heterocycles. The number of esters is 1. The molecule has 0 spiro atoms. The van der Waals surface area contributed by atoms with Gasteiger partial charge in [0.2, 0.25) is 5.91 Å². The van der Waals surface area contributed by atoms with Crippen molar-refractivity contribution in [1.82, 2.24) is 10.2 Å². The molecule has 3 unspecified atom stereocenters. The third-order valence-corrected chi connectivity index (χ3v) is 7.50. The van der Waals surface area contributed by atoms with Crippen LogP contribution < -0.4 is 10.6 Å². The second-order valence-electron chi connectivity index (χ2n) is 10.1. The number of hydrogen-bond donors (Lipinski definition) is 3. The minimum Gasteiger partial charge on any atom is -0.478 e. The Bertz CT molecular complexity index is 1390. The van der Waals surface area contributed by atoms with E-state index < -0.39 is 69.0 Å². The van der Waals surface area contributed by atoms with E-state index in [9.17, 15) is 32.0 Å². The molecule has 11 nitrogen and oxygen atoms in total. The van der Waals surface area contributed by atoms with Gasteiger partial charge in [-0.3, -0.25) is 4.79 Å². The highest BCUT2D eigenvalue weighted by Gasteiger charge is 2.53. The van der Waals surface area contributed by atoms with Crippen molar-refractivity contribution in [3.05, 3.63) is 65.5 Å². The van der Waals surface area contributed by atoms with E-state index in [1.807, 2.05) is 0 Å². The minimum absolute atomic E-state index is 0.0688. The molecule has 3 rings (SSSR count). The maximum absolute atomic E-state index is 14.9. The smallest absolute Gasteiger partial charge is 0.335 e. The summed E-state index contributed by atoms with van der Waals surface area (Å²) < 4.78 is 45.9. The van der Waals surface area contributed by atoms with Gasteiger partial charge < -0.3 is 25.4 Å². The van der Waals surface area contributed by atoms with E-state index in [2.05, 4.69) is 10.6 Å². The summed E-state index contributed by atoms with van der Waals surface area (Å²) in [4.78, 5) is 51.2. The van der Waals surface area contributed by atoms with Gasteiger partial charge in [-0.2, -0.15) is 0 Å². The van der Waals surface area contributed by atoms with E-state index in [1.54, 1.807) is 20.8 Å². The van der Waals surface area contributed by atoms with E-state index in [4.69, 9.17) is 9.84 Å². The van der Waals surface area contributed by atoms with Gasteiger partial charge in [-0.15, -0.1) is 0 Å². The summed E-state index contributed by atoms with van der Waals surface area (Å²) in [6.07, 6.45) is 0.620. The average molecular weight is 564 g/mol. The van der Waals surface area contributed by atoms with Gasteiger partial charge in [0.15, 0.2) is 9.84 Å². The number of carbonyl (C=O) groups excluding carboxylic acids is 3. The van der Waals surface area contributed by atoms with Gasteiger partial charge in [-0.25, -0.2) is 27.2 Å². The molecule has 2 aromatic carbocycles. The first kappa shape index (κ1) is 29.6. The van der Waals surface area contributed by atoms with Crippen molar-refractivity contribution in [3.63, 3.8) is 0 Å². The monoisotopic (exact) mass is 563 g/mol. The minimum atomic E-state index is -3.89. The van der Waals surface area contributed by atoms with E-state index in [-0.39, 0.29) is 23.2 Å². The highest BCUT2D eigenvalue weighted by molar-refractivity contribution is 7.91. The maximum Gasteiger partial charge on any atom is 0.335 e. The fraction of sp³-hybridized carbons (Fsp3) is 0.385. The zero-order valence-corrected chi connectivity index (χ0v) is 22.6. The second kappa shape index (κ2) is 11.4. The molecule has 1 fully saturated rings. The van der Waals surface area contributed by atoms with Crippen LogP contribution in [-0.2, 0) is 24.2 Å². The number of aromatic carboxylic acids is 1. The topological polar surface area (TPSA) is 159 Å². The molecule has 0 radical (unpaired) electrons. The van der Waals surface area contributed by atoms with Crippen molar-refractivity contribution >= 4 is 39.4 Å². The molecule has 1 aliphatic rings. The van der Waals surface area contributed by atoms with Gasteiger partial charge in [0, 0.05) is 17.5 Å². The Labute approximate surface area is 225 Å². The van der Waals surface area contributed by atoms with E-state index in [0.29, 0.717) is 0 Å². The SMILES string of the molecule is CC(C)(C)OC(=O)C1CC(S(C)(=O)=O)C(c2ccccc2F)N1C(=O)CNC(=O)Nc1cccc(C(=O)O)c1. The Kier molecular flexibility index (Phi) is 8.64. The molecule has 0 bridgehead atoms. The van der Waals surface area contributed by atoms with Gasteiger partial charge in [0.25, 0.3) is 0 Å². The third kappa shape index (κ3) is 7.31. The summed E-state index contributed by atoms with van der Waals surface area (Å²) in [5.74, 6) is -3.67. The number of halogens is 1. The Morgan fingerprint density at radius 2 is 1.77 bits per heavy atom. The maximum atomic E-state index is 14.9. The molecule has 210 valence electrons. The summed E-state index contributed by atoms with van der Waals surface area (Å²) in [5, 5.41) is 12.5. The van der Waals surface area contributed by atoms with Crippen LogP contribution in [0.3, 0.4) is 0 Å². The van der Waals surface area contributed by atoms with Crippen molar-refractivity contribution in [3.8, 4) is 0 Å². The summed E-state index contributed by atoms with van der Waals surface area (Å²) in [6.45, 7) is 4.16. The zero-order chi connectivity index (χ0) is 29.1. The summed E-state index contributed by atoms with van der Waals surface area (Å²) in [5.41, 5.74) is -0.970. The first-order chi connectivity index (χ1) is 18.1.